The molecular weight excluding hydrogens is 349 g/mol. The first-order valence-corrected chi connectivity index (χ1v) is 8.46. The standard InChI is InChI=1S/C19H18FN5O2/c1-4-9-23-12(2)10-24-15-16(21-18(23)24)22(3)19(27)25(17(15)26)11-13-7-5-6-8-14(13)20/h4-8,10H,1,9,11H2,2-3H3. The number of aryl methyl sites for hydroxylation is 2. The molecule has 0 unspecified atom stereocenters. The van der Waals surface area contributed by atoms with Crippen molar-refractivity contribution in [3.05, 3.63) is 81.0 Å². The first kappa shape index (κ1) is 17.0. The van der Waals surface area contributed by atoms with E-state index in [1.54, 1.807) is 41.9 Å². The molecule has 0 fully saturated rings. The summed E-state index contributed by atoms with van der Waals surface area (Å²) in [5, 5.41) is 0. The zero-order chi connectivity index (χ0) is 19.3. The topological polar surface area (TPSA) is 66.2 Å². The van der Waals surface area contributed by atoms with Crippen LogP contribution < -0.4 is 11.2 Å². The van der Waals surface area contributed by atoms with E-state index in [0.717, 1.165) is 10.3 Å². The summed E-state index contributed by atoms with van der Waals surface area (Å²) in [5.41, 5.74) is 0.727. The highest BCUT2D eigenvalue weighted by Gasteiger charge is 2.20. The summed E-state index contributed by atoms with van der Waals surface area (Å²) in [5.74, 6) is 0.0936. The molecule has 0 aliphatic carbocycles. The highest BCUT2D eigenvalue weighted by Crippen LogP contribution is 2.16. The van der Waals surface area contributed by atoms with Crippen LogP contribution in [0, 0.1) is 12.7 Å². The van der Waals surface area contributed by atoms with Crippen molar-refractivity contribution in [2.24, 2.45) is 7.05 Å². The van der Waals surface area contributed by atoms with Gasteiger partial charge in [0.05, 0.1) is 6.54 Å². The van der Waals surface area contributed by atoms with Crippen LogP contribution in [-0.4, -0.2) is 23.1 Å². The summed E-state index contributed by atoms with van der Waals surface area (Å²) in [6.07, 6.45) is 3.54. The zero-order valence-electron chi connectivity index (χ0n) is 15.0. The largest absolute Gasteiger partial charge is 0.332 e. The molecule has 0 atom stereocenters. The minimum Gasteiger partial charge on any atom is -0.310 e. The van der Waals surface area contributed by atoms with Gasteiger partial charge in [-0.2, -0.15) is 4.98 Å². The number of nitrogens with zero attached hydrogens (tertiary/aromatic N) is 5. The molecule has 0 radical (unpaired) electrons. The molecule has 0 saturated heterocycles. The minimum atomic E-state index is -0.538. The molecule has 4 rings (SSSR count). The van der Waals surface area contributed by atoms with Crippen molar-refractivity contribution in [1.82, 2.24) is 23.1 Å². The fraction of sp³-hybridized carbons (Fsp3) is 0.211. The third kappa shape index (κ3) is 2.44. The van der Waals surface area contributed by atoms with Crippen molar-refractivity contribution in [2.45, 2.75) is 20.0 Å². The monoisotopic (exact) mass is 367 g/mol. The number of rotatable bonds is 4. The van der Waals surface area contributed by atoms with Crippen LogP contribution in [0.2, 0.25) is 0 Å². The predicted molar refractivity (Wildman–Crippen MR) is 101 cm³/mol. The van der Waals surface area contributed by atoms with E-state index < -0.39 is 17.1 Å². The quantitative estimate of drug-likeness (QED) is 0.517. The van der Waals surface area contributed by atoms with E-state index in [1.807, 2.05) is 11.5 Å². The summed E-state index contributed by atoms with van der Waals surface area (Å²) in [4.78, 5) is 30.3. The minimum absolute atomic E-state index is 0.145. The molecule has 3 aromatic heterocycles. The Morgan fingerprint density at radius 1 is 1.22 bits per heavy atom. The second-order valence-electron chi connectivity index (χ2n) is 6.45. The Kier molecular flexibility index (Phi) is 3.83. The van der Waals surface area contributed by atoms with Gasteiger partial charge in [0.2, 0.25) is 5.78 Å². The Morgan fingerprint density at radius 2 is 1.96 bits per heavy atom. The van der Waals surface area contributed by atoms with E-state index in [1.165, 1.54) is 10.6 Å². The van der Waals surface area contributed by atoms with Crippen LogP contribution in [-0.2, 0) is 20.1 Å². The molecule has 4 aromatic rings. The summed E-state index contributed by atoms with van der Waals surface area (Å²) in [6, 6.07) is 6.10. The number of benzene rings is 1. The number of fused-ring (bicyclic) bond motifs is 3. The zero-order valence-corrected chi connectivity index (χ0v) is 15.0. The van der Waals surface area contributed by atoms with Crippen LogP contribution in [0.4, 0.5) is 4.39 Å². The highest BCUT2D eigenvalue weighted by atomic mass is 19.1. The molecule has 0 N–H and O–H groups in total. The van der Waals surface area contributed by atoms with E-state index >= 15 is 0 Å². The van der Waals surface area contributed by atoms with Gasteiger partial charge in [0, 0.05) is 31.0 Å². The molecule has 0 amide bonds. The lowest BCUT2D eigenvalue weighted by Gasteiger charge is -2.08. The highest BCUT2D eigenvalue weighted by molar-refractivity contribution is 5.75. The van der Waals surface area contributed by atoms with Crippen molar-refractivity contribution < 1.29 is 4.39 Å². The van der Waals surface area contributed by atoms with Crippen LogP contribution in [0.1, 0.15) is 11.3 Å². The molecule has 0 aliphatic rings. The number of hydrogen-bond donors (Lipinski definition) is 0. The van der Waals surface area contributed by atoms with Crippen molar-refractivity contribution in [1.29, 1.82) is 0 Å². The number of hydrogen-bond acceptors (Lipinski definition) is 3. The maximum atomic E-state index is 14.0. The van der Waals surface area contributed by atoms with Gasteiger partial charge in [-0.05, 0) is 13.0 Å². The van der Waals surface area contributed by atoms with Gasteiger partial charge < -0.3 is 4.57 Å². The van der Waals surface area contributed by atoms with Crippen molar-refractivity contribution in [3.63, 3.8) is 0 Å². The Bertz CT molecular complexity index is 1320. The van der Waals surface area contributed by atoms with Crippen LogP contribution in [0.3, 0.4) is 0 Å². The molecule has 138 valence electrons. The maximum absolute atomic E-state index is 14.0. The lowest BCUT2D eigenvalue weighted by atomic mass is 10.2. The van der Waals surface area contributed by atoms with Crippen LogP contribution >= 0.6 is 0 Å². The van der Waals surface area contributed by atoms with Gasteiger partial charge >= 0.3 is 5.69 Å². The molecule has 0 aliphatic heterocycles. The van der Waals surface area contributed by atoms with E-state index in [-0.39, 0.29) is 17.6 Å². The summed E-state index contributed by atoms with van der Waals surface area (Å²) in [7, 11) is 1.55. The second kappa shape index (κ2) is 6.08. The fourth-order valence-corrected chi connectivity index (χ4v) is 3.35. The second-order valence-corrected chi connectivity index (χ2v) is 6.45. The van der Waals surface area contributed by atoms with Crippen LogP contribution in [0.15, 0.2) is 52.7 Å². The number of aromatic nitrogens is 5. The van der Waals surface area contributed by atoms with Crippen molar-refractivity contribution in [2.75, 3.05) is 0 Å². The first-order chi connectivity index (χ1) is 12.9. The third-order valence-corrected chi connectivity index (χ3v) is 4.74. The molecule has 0 saturated carbocycles. The Morgan fingerprint density at radius 3 is 2.67 bits per heavy atom. The molecule has 1 aromatic carbocycles. The summed E-state index contributed by atoms with van der Waals surface area (Å²) in [6.45, 7) is 6.03. The Balaban J connectivity index is 2.04. The predicted octanol–water partition coefficient (Wildman–Crippen LogP) is 1.83. The number of imidazole rings is 2. The first-order valence-electron chi connectivity index (χ1n) is 8.46. The smallest absolute Gasteiger partial charge is 0.310 e. The molecule has 27 heavy (non-hydrogen) atoms. The van der Waals surface area contributed by atoms with Gasteiger partial charge in [0.1, 0.15) is 5.82 Å². The molecular formula is C19H18FN5O2. The number of halogens is 1. The number of allylic oxidation sites excluding steroid dienone is 1. The van der Waals surface area contributed by atoms with E-state index in [2.05, 4.69) is 11.6 Å². The maximum Gasteiger partial charge on any atom is 0.332 e. The van der Waals surface area contributed by atoms with Crippen molar-refractivity contribution >= 4 is 16.9 Å². The Hall–Kier alpha value is -3.42. The van der Waals surface area contributed by atoms with Crippen LogP contribution in [0.25, 0.3) is 16.9 Å². The summed E-state index contributed by atoms with van der Waals surface area (Å²) >= 11 is 0. The molecule has 0 spiro atoms. The van der Waals surface area contributed by atoms with Gasteiger partial charge in [-0.25, -0.2) is 9.18 Å². The van der Waals surface area contributed by atoms with Crippen molar-refractivity contribution in [3.8, 4) is 0 Å². The normalized spacial score (nSPS) is 11.5. The molecule has 3 heterocycles. The third-order valence-electron chi connectivity index (χ3n) is 4.74. The van der Waals surface area contributed by atoms with Gasteiger partial charge in [0.15, 0.2) is 11.2 Å². The van der Waals surface area contributed by atoms with E-state index in [9.17, 15) is 14.0 Å². The van der Waals surface area contributed by atoms with E-state index in [4.69, 9.17) is 0 Å². The van der Waals surface area contributed by atoms with Gasteiger partial charge in [-0.15, -0.1) is 6.58 Å². The molecule has 8 heteroatoms. The Labute approximate surface area is 153 Å². The lowest BCUT2D eigenvalue weighted by molar-refractivity contribution is 0.582. The van der Waals surface area contributed by atoms with Gasteiger partial charge in [-0.3, -0.25) is 18.3 Å². The SMILES string of the molecule is C=CCn1c(C)cn2c3c(=O)n(Cc4ccccc4F)c(=O)n(C)c3nc12. The van der Waals surface area contributed by atoms with Gasteiger partial charge in [-0.1, -0.05) is 24.3 Å². The average molecular weight is 367 g/mol. The fourth-order valence-electron chi connectivity index (χ4n) is 3.35. The average Bonchev–Trinajstić information content (AvgIpc) is 3.15. The molecule has 7 nitrogen and oxygen atoms in total. The lowest BCUT2D eigenvalue weighted by Crippen LogP contribution is -2.39. The molecule has 0 bridgehead atoms. The van der Waals surface area contributed by atoms with Crippen LogP contribution in [0.5, 0.6) is 0 Å². The summed E-state index contributed by atoms with van der Waals surface area (Å²) < 4.78 is 20.0. The van der Waals surface area contributed by atoms with E-state index in [0.29, 0.717) is 18.0 Å². The van der Waals surface area contributed by atoms with Gasteiger partial charge in [0.25, 0.3) is 5.56 Å².